The zero-order chi connectivity index (χ0) is 24.0. The monoisotopic (exact) mass is 491 g/mol. The Morgan fingerprint density at radius 1 is 1.00 bits per heavy atom. The number of hydrogen-bond donors (Lipinski definition) is 1. The molecule has 1 N–H and O–H groups in total. The van der Waals surface area contributed by atoms with Crippen LogP contribution in [-0.2, 0) is 16.1 Å². The molecule has 0 fully saturated rings. The van der Waals surface area contributed by atoms with Gasteiger partial charge in [0.25, 0.3) is 5.91 Å². The summed E-state index contributed by atoms with van der Waals surface area (Å²) in [6.45, 7) is 5.38. The van der Waals surface area contributed by atoms with Crippen molar-refractivity contribution in [3.05, 3.63) is 68.9 Å². The zero-order valence-electron chi connectivity index (χ0n) is 18.2. The lowest BCUT2D eigenvalue weighted by molar-refractivity contribution is 0.0527. The second-order valence-corrected chi connectivity index (χ2v) is 8.12. The molecular formula is C23H22ClNO7S. The first kappa shape index (κ1) is 24.3. The quantitative estimate of drug-likeness (QED) is 0.395. The number of rotatable bonds is 9. The maximum atomic E-state index is 12.8. The molecule has 8 nitrogen and oxygen atoms in total. The molecule has 33 heavy (non-hydrogen) atoms. The molecule has 174 valence electrons. The summed E-state index contributed by atoms with van der Waals surface area (Å²) in [5.74, 6) is -0.769. The number of ether oxygens (including phenoxy) is 3. The van der Waals surface area contributed by atoms with Crippen LogP contribution in [0.25, 0.3) is 0 Å². The molecule has 0 radical (unpaired) electrons. The molecule has 0 atom stereocenters. The standard InChI is InChI=1S/C23H22ClNO7S/c1-4-29-22(27)18-13(3)19(23(28)30-5-2)33-21(18)25-20(26)17-11-10-16(32-17)12-31-15-8-6-14(24)7-9-15/h6-11H,4-5,12H2,1-3H3,(H,25,26). The summed E-state index contributed by atoms with van der Waals surface area (Å²) in [6, 6.07) is 9.94. The highest BCUT2D eigenvalue weighted by Crippen LogP contribution is 2.34. The van der Waals surface area contributed by atoms with E-state index in [1.807, 2.05) is 0 Å². The number of halogens is 1. The lowest BCUT2D eigenvalue weighted by atomic mass is 10.1. The summed E-state index contributed by atoms with van der Waals surface area (Å²) in [7, 11) is 0. The first-order valence-corrected chi connectivity index (χ1v) is 11.3. The van der Waals surface area contributed by atoms with E-state index in [0.717, 1.165) is 11.3 Å². The van der Waals surface area contributed by atoms with Gasteiger partial charge in [-0.25, -0.2) is 9.59 Å². The van der Waals surface area contributed by atoms with Crippen molar-refractivity contribution in [2.75, 3.05) is 18.5 Å². The molecule has 0 spiro atoms. The second-order valence-electron chi connectivity index (χ2n) is 6.66. The van der Waals surface area contributed by atoms with Gasteiger partial charge in [-0.1, -0.05) is 11.6 Å². The Morgan fingerprint density at radius 2 is 1.67 bits per heavy atom. The Morgan fingerprint density at radius 3 is 2.33 bits per heavy atom. The fraction of sp³-hybridized carbons (Fsp3) is 0.261. The third-order valence-corrected chi connectivity index (χ3v) is 5.83. The van der Waals surface area contributed by atoms with Gasteiger partial charge in [0.2, 0.25) is 0 Å². The van der Waals surface area contributed by atoms with E-state index in [1.165, 1.54) is 6.07 Å². The van der Waals surface area contributed by atoms with E-state index in [2.05, 4.69) is 5.32 Å². The molecule has 3 aromatic rings. The molecule has 0 aliphatic heterocycles. The molecule has 3 rings (SSSR count). The molecule has 0 aliphatic rings. The number of anilines is 1. The van der Waals surface area contributed by atoms with Crippen LogP contribution in [0, 0.1) is 6.92 Å². The summed E-state index contributed by atoms with van der Waals surface area (Å²) in [4.78, 5) is 37.7. The smallest absolute Gasteiger partial charge is 0.348 e. The second kappa shape index (κ2) is 11.0. The van der Waals surface area contributed by atoms with Crippen LogP contribution in [0.3, 0.4) is 0 Å². The number of benzene rings is 1. The SMILES string of the molecule is CCOC(=O)c1sc(NC(=O)c2ccc(COc3ccc(Cl)cc3)o2)c(C(=O)OCC)c1C. The topological polar surface area (TPSA) is 104 Å². The van der Waals surface area contributed by atoms with Crippen molar-refractivity contribution in [2.24, 2.45) is 0 Å². The van der Waals surface area contributed by atoms with Gasteiger partial charge in [-0.3, -0.25) is 4.79 Å². The van der Waals surface area contributed by atoms with Crippen molar-refractivity contribution in [3.63, 3.8) is 0 Å². The number of carbonyl (C=O) groups excluding carboxylic acids is 3. The van der Waals surface area contributed by atoms with E-state index in [9.17, 15) is 14.4 Å². The van der Waals surface area contributed by atoms with E-state index in [0.29, 0.717) is 22.1 Å². The number of amides is 1. The van der Waals surface area contributed by atoms with Crippen LogP contribution in [0.1, 0.15) is 55.8 Å². The molecule has 0 bridgehead atoms. The Kier molecular flexibility index (Phi) is 8.13. The van der Waals surface area contributed by atoms with Crippen molar-refractivity contribution < 1.29 is 33.0 Å². The van der Waals surface area contributed by atoms with Gasteiger partial charge in [-0.2, -0.15) is 0 Å². The fourth-order valence-corrected chi connectivity index (χ4v) is 4.08. The van der Waals surface area contributed by atoms with Crippen LogP contribution in [0.2, 0.25) is 5.02 Å². The van der Waals surface area contributed by atoms with E-state index in [1.54, 1.807) is 51.1 Å². The molecule has 2 aromatic heterocycles. The summed E-state index contributed by atoms with van der Waals surface area (Å²) >= 11 is 6.80. The van der Waals surface area contributed by atoms with Crippen molar-refractivity contribution in [3.8, 4) is 5.75 Å². The van der Waals surface area contributed by atoms with Gasteiger partial charge in [0, 0.05) is 5.02 Å². The largest absolute Gasteiger partial charge is 0.486 e. The van der Waals surface area contributed by atoms with E-state index >= 15 is 0 Å². The van der Waals surface area contributed by atoms with Crippen molar-refractivity contribution in [2.45, 2.75) is 27.4 Å². The van der Waals surface area contributed by atoms with Crippen LogP contribution in [0.15, 0.2) is 40.8 Å². The number of furan rings is 1. The zero-order valence-corrected chi connectivity index (χ0v) is 19.8. The predicted molar refractivity (Wildman–Crippen MR) is 123 cm³/mol. The molecule has 2 heterocycles. The van der Waals surface area contributed by atoms with Crippen molar-refractivity contribution >= 4 is 45.8 Å². The van der Waals surface area contributed by atoms with Crippen molar-refractivity contribution in [1.29, 1.82) is 0 Å². The van der Waals surface area contributed by atoms with E-state index in [4.69, 9.17) is 30.2 Å². The molecule has 0 saturated carbocycles. The number of thiophene rings is 1. The van der Waals surface area contributed by atoms with Gasteiger partial charge in [0.15, 0.2) is 5.76 Å². The van der Waals surface area contributed by atoms with Gasteiger partial charge >= 0.3 is 11.9 Å². The first-order valence-electron chi connectivity index (χ1n) is 10.1. The highest BCUT2D eigenvalue weighted by molar-refractivity contribution is 7.18. The maximum absolute atomic E-state index is 12.8. The summed E-state index contributed by atoms with van der Waals surface area (Å²) in [5, 5.41) is 3.41. The molecule has 0 aliphatic carbocycles. The normalized spacial score (nSPS) is 10.5. The van der Waals surface area contributed by atoms with Crippen LogP contribution in [0.4, 0.5) is 5.00 Å². The predicted octanol–water partition coefficient (Wildman–Crippen LogP) is 5.49. The number of hydrogen-bond acceptors (Lipinski definition) is 8. The molecular weight excluding hydrogens is 470 g/mol. The Hall–Kier alpha value is -3.30. The summed E-state index contributed by atoms with van der Waals surface area (Å²) in [6.07, 6.45) is 0. The van der Waals surface area contributed by atoms with Gasteiger partial charge in [-0.15, -0.1) is 11.3 Å². The van der Waals surface area contributed by atoms with Crippen molar-refractivity contribution in [1.82, 2.24) is 0 Å². The van der Waals surface area contributed by atoms with E-state index < -0.39 is 17.8 Å². The Balaban J connectivity index is 1.76. The van der Waals surface area contributed by atoms with E-state index in [-0.39, 0.29) is 41.0 Å². The highest BCUT2D eigenvalue weighted by Gasteiger charge is 2.28. The van der Waals surface area contributed by atoms with Crippen LogP contribution >= 0.6 is 22.9 Å². The Bertz CT molecular complexity index is 1150. The maximum Gasteiger partial charge on any atom is 0.348 e. The van der Waals surface area contributed by atoms with Crippen LogP contribution in [0.5, 0.6) is 5.75 Å². The number of esters is 2. The lowest BCUT2D eigenvalue weighted by Gasteiger charge is -2.06. The Labute approximate surface area is 199 Å². The molecule has 1 amide bonds. The first-order chi connectivity index (χ1) is 15.8. The van der Waals surface area contributed by atoms with Crippen LogP contribution in [-0.4, -0.2) is 31.1 Å². The molecule has 1 aromatic carbocycles. The highest BCUT2D eigenvalue weighted by atomic mass is 35.5. The minimum absolute atomic E-state index is 0.0169. The lowest BCUT2D eigenvalue weighted by Crippen LogP contribution is -2.14. The van der Waals surface area contributed by atoms with Gasteiger partial charge < -0.3 is 23.9 Å². The van der Waals surface area contributed by atoms with Gasteiger partial charge in [0.1, 0.15) is 28.0 Å². The van der Waals surface area contributed by atoms with Gasteiger partial charge in [-0.05, 0) is 62.7 Å². The van der Waals surface area contributed by atoms with Crippen LogP contribution < -0.4 is 10.1 Å². The fourth-order valence-electron chi connectivity index (χ4n) is 2.87. The average Bonchev–Trinajstić information content (AvgIpc) is 3.38. The third-order valence-electron chi connectivity index (χ3n) is 4.39. The third kappa shape index (κ3) is 5.94. The molecule has 0 saturated heterocycles. The average molecular weight is 492 g/mol. The minimum atomic E-state index is -0.645. The minimum Gasteiger partial charge on any atom is -0.486 e. The number of carbonyl (C=O) groups is 3. The molecule has 10 heteroatoms. The number of nitrogens with one attached hydrogen (secondary N) is 1. The summed E-state index contributed by atoms with van der Waals surface area (Å²) < 4.78 is 21.3. The molecule has 0 unspecified atom stereocenters. The van der Waals surface area contributed by atoms with Gasteiger partial charge in [0.05, 0.1) is 18.8 Å². The summed E-state index contributed by atoms with van der Waals surface area (Å²) in [5.41, 5.74) is 0.486.